The van der Waals surface area contributed by atoms with Gasteiger partial charge in [-0.1, -0.05) is 35.5 Å². The van der Waals surface area contributed by atoms with Crippen LogP contribution in [0.1, 0.15) is 16.7 Å². The van der Waals surface area contributed by atoms with Crippen LogP contribution in [0, 0.1) is 19.7 Å². The second-order valence-corrected chi connectivity index (χ2v) is 8.73. The van der Waals surface area contributed by atoms with Crippen LogP contribution in [0.2, 0.25) is 5.02 Å². The number of hydrogen-bond donors (Lipinski definition) is 0. The molecule has 0 N–H and O–H groups in total. The van der Waals surface area contributed by atoms with Crippen molar-refractivity contribution in [2.24, 2.45) is 0 Å². The Hall–Kier alpha value is -2.15. The third kappa shape index (κ3) is 3.60. The average molecular weight is 431 g/mol. The Kier molecular flexibility index (Phi) is 5.27. The maximum atomic E-state index is 13.3. The van der Waals surface area contributed by atoms with Gasteiger partial charge in [-0.2, -0.15) is 0 Å². The lowest BCUT2D eigenvalue weighted by Gasteiger charge is -2.14. The minimum atomic E-state index is -0.372. The van der Waals surface area contributed by atoms with Gasteiger partial charge in [0.15, 0.2) is 5.16 Å². The Bertz CT molecular complexity index is 1250. The molecule has 0 atom stereocenters. The number of halogens is 2. The van der Waals surface area contributed by atoms with Crippen molar-refractivity contribution in [3.63, 3.8) is 0 Å². The molecule has 3 nitrogen and oxygen atoms in total. The normalized spacial score (nSPS) is 11.3. The summed E-state index contributed by atoms with van der Waals surface area (Å²) in [5.41, 5.74) is 4.43. The molecule has 0 unspecified atom stereocenters. The van der Waals surface area contributed by atoms with Gasteiger partial charge >= 0.3 is 0 Å². The fourth-order valence-electron chi connectivity index (χ4n) is 2.86. The van der Waals surface area contributed by atoms with Gasteiger partial charge in [-0.3, -0.25) is 9.36 Å². The molecule has 0 aliphatic rings. The Morgan fingerprint density at radius 1 is 1.14 bits per heavy atom. The van der Waals surface area contributed by atoms with Crippen LogP contribution in [0.5, 0.6) is 0 Å². The van der Waals surface area contributed by atoms with E-state index in [9.17, 15) is 9.18 Å². The van der Waals surface area contributed by atoms with Crippen LogP contribution >= 0.6 is 34.7 Å². The number of rotatable bonds is 4. The van der Waals surface area contributed by atoms with Gasteiger partial charge in [0.25, 0.3) is 5.56 Å². The minimum absolute atomic E-state index is 0.0871. The van der Waals surface area contributed by atoms with Crippen molar-refractivity contribution in [1.29, 1.82) is 0 Å². The average Bonchev–Trinajstić information content (AvgIpc) is 3.12. The number of thioether (sulfide) groups is 1. The van der Waals surface area contributed by atoms with Gasteiger partial charge in [0.1, 0.15) is 10.5 Å². The molecular formula is C21H16ClFN2OS2. The van der Waals surface area contributed by atoms with Crippen LogP contribution in [0.4, 0.5) is 4.39 Å². The molecule has 0 fully saturated rings. The van der Waals surface area contributed by atoms with Crippen molar-refractivity contribution in [2.75, 3.05) is 0 Å². The van der Waals surface area contributed by atoms with Gasteiger partial charge < -0.3 is 0 Å². The molecule has 142 valence electrons. The van der Waals surface area contributed by atoms with E-state index in [1.165, 1.54) is 35.2 Å². The van der Waals surface area contributed by atoms with Gasteiger partial charge in [-0.25, -0.2) is 9.37 Å². The number of aromatic nitrogens is 2. The molecule has 0 spiro atoms. The largest absolute Gasteiger partial charge is 0.276 e. The van der Waals surface area contributed by atoms with Crippen LogP contribution in [0.25, 0.3) is 15.9 Å². The van der Waals surface area contributed by atoms with Crippen LogP contribution in [0.3, 0.4) is 0 Å². The quantitative estimate of drug-likeness (QED) is 0.287. The number of fused-ring (bicyclic) bond motifs is 1. The summed E-state index contributed by atoms with van der Waals surface area (Å²) in [6.07, 6.45) is 0. The molecule has 0 amide bonds. The van der Waals surface area contributed by atoms with Gasteiger partial charge in [-0.15, -0.1) is 11.3 Å². The summed E-state index contributed by atoms with van der Waals surface area (Å²) < 4.78 is 15.6. The highest BCUT2D eigenvalue weighted by atomic mass is 35.5. The Balaban J connectivity index is 1.82. The van der Waals surface area contributed by atoms with E-state index in [1.54, 1.807) is 10.6 Å². The molecule has 0 saturated carbocycles. The molecule has 7 heteroatoms. The Morgan fingerprint density at radius 3 is 2.71 bits per heavy atom. The third-order valence-electron chi connectivity index (χ3n) is 4.57. The summed E-state index contributed by atoms with van der Waals surface area (Å²) in [7, 11) is 0. The second-order valence-electron chi connectivity index (χ2n) is 6.46. The SMILES string of the molecule is Cc1ccc(-n2c(SCc3ccc(F)cc3Cl)nc3ccsc3c2=O)cc1C. The lowest BCUT2D eigenvalue weighted by atomic mass is 10.1. The van der Waals surface area contributed by atoms with E-state index in [-0.39, 0.29) is 11.4 Å². The molecular weight excluding hydrogens is 415 g/mol. The molecule has 4 aromatic rings. The molecule has 28 heavy (non-hydrogen) atoms. The molecule has 4 rings (SSSR count). The highest BCUT2D eigenvalue weighted by Crippen LogP contribution is 2.29. The third-order valence-corrected chi connectivity index (χ3v) is 6.80. The highest BCUT2D eigenvalue weighted by molar-refractivity contribution is 7.98. The van der Waals surface area contributed by atoms with E-state index < -0.39 is 0 Å². The van der Waals surface area contributed by atoms with E-state index in [0.717, 1.165) is 22.4 Å². The van der Waals surface area contributed by atoms with E-state index in [2.05, 4.69) is 0 Å². The first-order valence-corrected chi connectivity index (χ1v) is 10.8. The molecule has 0 saturated heterocycles. The summed E-state index contributed by atoms with van der Waals surface area (Å²) in [4.78, 5) is 17.9. The molecule has 0 aliphatic carbocycles. The maximum absolute atomic E-state index is 13.3. The van der Waals surface area contributed by atoms with Crippen molar-refractivity contribution in [3.05, 3.63) is 85.7 Å². The summed E-state index contributed by atoms with van der Waals surface area (Å²) in [5.74, 6) is 0.107. The molecule has 0 radical (unpaired) electrons. The lowest BCUT2D eigenvalue weighted by molar-refractivity contribution is 0.627. The zero-order valence-corrected chi connectivity index (χ0v) is 17.6. The van der Waals surface area contributed by atoms with Crippen molar-refractivity contribution in [1.82, 2.24) is 9.55 Å². The lowest BCUT2D eigenvalue weighted by Crippen LogP contribution is -2.21. The summed E-state index contributed by atoms with van der Waals surface area (Å²) >= 11 is 8.96. The first-order chi connectivity index (χ1) is 13.4. The number of aryl methyl sites for hydroxylation is 2. The predicted octanol–water partition coefficient (Wildman–Crippen LogP) is 6.15. The monoisotopic (exact) mass is 430 g/mol. The van der Waals surface area contributed by atoms with Gasteiger partial charge in [-0.05, 0) is 66.2 Å². The highest BCUT2D eigenvalue weighted by Gasteiger charge is 2.15. The van der Waals surface area contributed by atoms with Gasteiger partial charge in [0.05, 0.1) is 11.2 Å². The van der Waals surface area contributed by atoms with E-state index in [0.29, 0.717) is 26.1 Å². The molecule has 2 aromatic heterocycles. The zero-order chi connectivity index (χ0) is 19.8. The molecule has 0 aliphatic heterocycles. The molecule has 0 bridgehead atoms. The van der Waals surface area contributed by atoms with E-state index in [4.69, 9.17) is 16.6 Å². The number of benzene rings is 2. The van der Waals surface area contributed by atoms with Crippen molar-refractivity contribution < 1.29 is 4.39 Å². The smallest absolute Gasteiger partial charge is 0.267 e. The van der Waals surface area contributed by atoms with Gasteiger partial charge in [0.2, 0.25) is 0 Å². The van der Waals surface area contributed by atoms with Crippen LogP contribution in [-0.2, 0) is 5.75 Å². The first kappa shape index (κ1) is 19.2. The molecule has 2 aromatic carbocycles. The van der Waals surface area contributed by atoms with Crippen LogP contribution in [-0.4, -0.2) is 9.55 Å². The van der Waals surface area contributed by atoms with Crippen LogP contribution in [0.15, 0.2) is 57.8 Å². The van der Waals surface area contributed by atoms with Crippen molar-refractivity contribution >= 4 is 44.9 Å². The fraction of sp³-hybridized carbons (Fsp3) is 0.143. The topological polar surface area (TPSA) is 34.9 Å². The second kappa shape index (κ2) is 7.70. The maximum Gasteiger partial charge on any atom is 0.276 e. The van der Waals surface area contributed by atoms with Crippen LogP contribution < -0.4 is 5.56 Å². The predicted molar refractivity (Wildman–Crippen MR) is 116 cm³/mol. The zero-order valence-electron chi connectivity index (χ0n) is 15.2. The fourth-order valence-corrected chi connectivity index (χ4v) is 4.95. The standard InChI is InChI=1S/C21H16ClFN2OS2/c1-12-3-6-16(9-13(12)2)25-20(26)19-18(7-8-27-19)24-21(25)28-11-14-4-5-15(23)10-17(14)22/h3-10H,11H2,1-2H3. The number of hydrogen-bond acceptors (Lipinski definition) is 4. The summed E-state index contributed by atoms with van der Waals surface area (Å²) in [6.45, 7) is 4.06. The molecule has 2 heterocycles. The minimum Gasteiger partial charge on any atom is -0.267 e. The summed E-state index contributed by atoms with van der Waals surface area (Å²) in [6, 6.07) is 12.1. The van der Waals surface area contributed by atoms with E-state index in [1.807, 2.05) is 43.5 Å². The van der Waals surface area contributed by atoms with Crippen molar-refractivity contribution in [2.45, 2.75) is 24.8 Å². The Labute approximate surface area is 174 Å². The number of nitrogens with zero attached hydrogens (tertiary/aromatic N) is 2. The first-order valence-electron chi connectivity index (χ1n) is 8.58. The van der Waals surface area contributed by atoms with Gasteiger partial charge in [0, 0.05) is 10.8 Å². The summed E-state index contributed by atoms with van der Waals surface area (Å²) in [5, 5.41) is 2.82. The van der Waals surface area contributed by atoms with E-state index >= 15 is 0 Å². The Morgan fingerprint density at radius 2 is 1.96 bits per heavy atom. The van der Waals surface area contributed by atoms with Crippen molar-refractivity contribution in [3.8, 4) is 5.69 Å². The number of thiophene rings is 1.